The van der Waals surface area contributed by atoms with Gasteiger partial charge in [0, 0.05) is 6.92 Å². The Morgan fingerprint density at radius 3 is 1.42 bits per heavy atom. The van der Waals surface area contributed by atoms with Crippen LogP contribution in [0.4, 0.5) is 0 Å². The number of aliphatic hydroxyl groups is 2. The van der Waals surface area contributed by atoms with Crippen LogP contribution in [-0.4, -0.2) is 27.6 Å². The SMILES string of the molecule is CC(=O)C(C)(C)C(O)(O)C(C)=O. The quantitative estimate of drug-likeness (QED) is 0.584. The van der Waals surface area contributed by atoms with Gasteiger partial charge in [-0.1, -0.05) is 0 Å². The van der Waals surface area contributed by atoms with Crippen molar-refractivity contribution in [3.05, 3.63) is 0 Å². The summed E-state index contributed by atoms with van der Waals surface area (Å²) in [4.78, 5) is 21.7. The fourth-order valence-electron chi connectivity index (χ4n) is 0.686. The van der Waals surface area contributed by atoms with E-state index in [9.17, 15) is 19.8 Å². The molecule has 0 heterocycles. The minimum absolute atomic E-state index is 0.442. The summed E-state index contributed by atoms with van der Waals surface area (Å²) in [5.41, 5.74) is -1.46. The van der Waals surface area contributed by atoms with Crippen molar-refractivity contribution in [1.82, 2.24) is 0 Å². The predicted octanol–water partition coefficient (Wildman–Crippen LogP) is -0.128. The van der Waals surface area contributed by atoms with Gasteiger partial charge in [-0.3, -0.25) is 9.59 Å². The molecule has 0 saturated heterocycles. The van der Waals surface area contributed by atoms with Crippen molar-refractivity contribution in [2.24, 2.45) is 5.41 Å². The minimum atomic E-state index is -2.57. The molecule has 0 rings (SSSR count). The van der Waals surface area contributed by atoms with E-state index in [0.717, 1.165) is 6.92 Å². The molecule has 0 aromatic heterocycles. The average Bonchev–Trinajstić information content (AvgIpc) is 1.86. The number of hydrogen-bond donors (Lipinski definition) is 2. The van der Waals surface area contributed by atoms with Crippen LogP contribution in [0.2, 0.25) is 0 Å². The molecule has 2 N–H and O–H groups in total. The molecule has 0 aliphatic heterocycles. The van der Waals surface area contributed by atoms with Gasteiger partial charge in [-0.05, 0) is 20.8 Å². The Morgan fingerprint density at radius 2 is 1.33 bits per heavy atom. The van der Waals surface area contributed by atoms with Crippen LogP contribution in [-0.2, 0) is 9.59 Å². The Bertz CT molecular complexity index is 191. The number of Topliss-reactive ketones (excluding diaryl/α,β-unsaturated/α-hetero) is 2. The standard InChI is InChI=1S/C8H14O4/c1-5(9)7(3,4)8(11,12)6(2)10/h11-12H,1-4H3. The lowest BCUT2D eigenvalue weighted by Crippen LogP contribution is -2.53. The molecule has 12 heavy (non-hydrogen) atoms. The first kappa shape index (κ1) is 11.3. The summed E-state index contributed by atoms with van der Waals surface area (Å²) in [6.07, 6.45) is 0. The summed E-state index contributed by atoms with van der Waals surface area (Å²) in [5.74, 6) is -3.84. The molecule has 0 radical (unpaired) electrons. The van der Waals surface area contributed by atoms with Gasteiger partial charge in [-0.25, -0.2) is 0 Å². The van der Waals surface area contributed by atoms with E-state index in [2.05, 4.69) is 0 Å². The zero-order valence-electron chi connectivity index (χ0n) is 7.71. The first-order valence-corrected chi connectivity index (χ1v) is 3.61. The lowest BCUT2D eigenvalue weighted by Gasteiger charge is -2.33. The van der Waals surface area contributed by atoms with Crippen LogP contribution in [0.15, 0.2) is 0 Å². The third kappa shape index (κ3) is 1.54. The molecule has 0 aliphatic carbocycles. The summed E-state index contributed by atoms with van der Waals surface area (Å²) in [7, 11) is 0. The molecule has 0 bridgehead atoms. The molecular formula is C8H14O4. The van der Waals surface area contributed by atoms with E-state index in [0.29, 0.717) is 0 Å². The van der Waals surface area contributed by atoms with Crippen LogP contribution in [0.1, 0.15) is 27.7 Å². The summed E-state index contributed by atoms with van der Waals surface area (Å²) in [5, 5.41) is 18.6. The second-order valence-electron chi connectivity index (χ2n) is 3.41. The van der Waals surface area contributed by atoms with Crippen molar-refractivity contribution in [3.8, 4) is 0 Å². The number of hydrogen-bond acceptors (Lipinski definition) is 4. The third-order valence-corrected chi connectivity index (χ3v) is 2.24. The van der Waals surface area contributed by atoms with Crippen LogP contribution in [0.5, 0.6) is 0 Å². The first-order chi connectivity index (χ1) is 5.14. The molecule has 70 valence electrons. The van der Waals surface area contributed by atoms with Gasteiger partial charge in [0.15, 0.2) is 5.78 Å². The van der Waals surface area contributed by atoms with Crippen LogP contribution in [0, 0.1) is 5.41 Å². The van der Waals surface area contributed by atoms with E-state index < -0.39 is 22.8 Å². The number of ketones is 2. The van der Waals surface area contributed by atoms with Crippen LogP contribution in [0.3, 0.4) is 0 Å². The van der Waals surface area contributed by atoms with E-state index in [1.54, 1.807) is 0 Å². The zero-order chi connectivity index (χ0) is 10.2. The van der Waals surface area contributed by atoms with Gasteiger partial charge in [0.25, 0.3) is 0 Å². The summed E-state index contributed by atoms with van der Waals surface area (Å²) < 4.78 is 0. The molecule has 0 aromatic carbocycles. The number of carbonyl (C=O) groups is 2. The third-order valence-electron chi connectivity index (χ3n) is 2.24. The van der Waals surface area contributed by atoms with Crippen molar-refractivity contribution in [3.63, 3.8) is 0 Å². The van der Waals surface area contributed by atoms with Crippen molar-refractivity contribution in [2.45, 2.75) is 33.5 Å². The Kier molecular flexibility index (Phi) is 2.77. The molecule has 0 fully saturated rings. The van der Waals surface area contributed by atoms with Crippen molar-refractivity contribution in [2.75, 3.05) is 0 Å². The molecule has 0 atom stereocenters. The summed E-state index contributed by atoms with van der Waals surface area (Å²) in [6.45, 7) is 4.88. The van der Waals surface area contributed by atoms with Gasteiger partial charge >= 0.3 is 0 Å². The largest absolute Gasteiger partial charge is 0.359 e. The second-order valence-corrected chi connectivity index (χ2v) is 3.41. The summed E-state index contributed by atoms with van der Waals surface area (Å²) in [6, 6.07) is 0. The molecule has 0 spiro atoms. The molecule has 0 saturated carbocycles. The van der Waals surface area contributed by atoms with Crippen LogP contribution < -0.4 is 0 Å². The van der Waals surface area contributed by atoms with Crippen molar-refractivity contribution >= 4 is 11.6 Å². The predicted molar refractivity (Wildman–Crippen MR) is 42.3 cm³/mol. The van der Waals surface area contributed by atoms with E-state index in [4.69, 9.17) is 0 Å². The Labute approximate surface area is 71.2 Å². The number of carbonyl (C=O) groups excluding carboxylic acids is 2. The topological polar surface area (TPSA) is 74.6 Å². The Balaban J connectivity index is 5.01. The van der Waals surface area contributed by atoms with E-state index in [1.807, 2.05) is 0 Å². The normalized spacial score (nSPS) is 12.8. The van der Waals surface area contributed by atoms with Gasteiger partial charge in [0.2, 0.25) is 5.79 Å². The first-order valence-electron chi connectivity index (χ1n) is 3.61. The Morgan fingerprint density at radius 1 is 1.00 bits per heavy atom. The summed E-state index contributed by atoms with van der Waals surface area (Å²) >= 11 is 0. The highest BCUT2D eigenvalue weighted by Crippen LogP contribution is 2.30. The van der Waals surface area contributed by atoms with Gasteiger partial charge < -0.3 is 10.2 Å². The molecule has 0 aromatic rings. The van der Waals surface area contributed by atoms with Crippen LogP contribution in [0.25, 0.3) is 0 Å². The van der Waals surface area contributed by atoms with Gasteiger partial charge in [0.1, 0.15) is 5.78 Å². The Hall–Kier alpha value is -0.740. The minimum Gasteiger partial charge on any atom is -0.359 e. The van der Waals surface area contributed by atoms with Crippen LogP contribution >= 0.6 is 0 Å². The number of rotatable bonds is 3. The molecular weight excluding hydrogens is 160 g/mol. The fraction of sp³-hybridized carbons (Fsp3) is 0.750. The van der Waals surface area contributed by atoms with Gasteiger partial charge in [-0.15, -0.1) is 0 Å². The monoisotopic (exact) mass is 174 g/mol. The molecule has 0 amide bonds. The van der Waals surface area contributed by atoms with E-state index in [-0.39, 0.29) is 0 Å². The maximum absolute atomic E-state index is 10.9. The van der Waals surface area contributed by atoms with E-state index in [1.165, 1.54) is 20.8 Å². The van der Waals surface area contributed by atoms with Gasteiger partial charge in [-0.2, -0.15) is 0 Å². The molecule has 0 unspecified atom stereocenters. The highest BCUT2D eigenvalue weighted by atomic mass is 16.5. The average molecular weight is 174 g/mol. The maximum Gasteiger partial charge on any atom is 0.236 e. The molecule has 4 nitrogen and oxygen atoms in total. The maximum atomic E-state index is 10.9. The second kappa shape index (κ2) is 2.95. The molecule has 4 heteroatoms. The molecule has 0 aliphatic rings. The highest BCUT2D eigenvalue weighted by Gasteiger charge is 2.49. The lowest BCUT2D eigenvalue weighted by molar-refractivity contribution is -0.220. The smallest absolute Gasteiger partial charge is 0.236 e. The fourth-order valence-corrected chi connectivity index (χ4v) is 0.686. The zero-order valence-corrected chi connectivity index (χ0v) is 7.71. The van der Waals surface area contributed by atoms with Gasteiger partial charge in [0.05, 0.1) is 5.41 Å². The van der Waals surface area contributed by atoms with Crippen molar-refractivity contribution in [1.29, 1.82) is 0 Å². The highest BCUT2D eigenvalue weighted by molar-refractivity contribution is 5.93. The lowest BCUT2D eigenvalue weighted by atomic mass is 9.78. The van der Waals surface area contributed by atoms with Crippen molar-refractivity contribution < 1.29 is 19.8 Å². The van der Waals surface area contributed by atoms with E-state index >= 15 is 0 Å².